The fourth-order valence-corrected chi connectivity index (χ4v) is 4.44. The van der Waals surface area contributed by atoms with E-state index in [1.54, 1.807) is 0 Å². The molecule has 1 fully saturated rings. The number of thioether (sulfide) groups is 1. The van der Waals surface area contributed by atoms with Crippen molar-refractivity contribution >= 4 is 11.8 Å². The van der Waals surface area contributed by atoms with Gasteiger partial charge in [-0.2, -0.15) is 0 Å². The van der Waals surface area contributed by atoms with Gasteiger partial charge in [-0.25, -0.2) is 22.2 Å². The summed E-state index contributed by atoms with van der Waals surface area (Å²) in [6.07, 6.45) is -2.63. The van der Waals surface area contributed by atoms with Crippen molar-refractivity contribution in [2.45, 2.75) is 34.7 Å². The molecule has 7 nitrogen and oxygen atoms in total. The predicted molar refractivity (Wildman–Crippen MR) is 104 cm³/mol. The van der Waals surface area contributed by atoms with Gasteiger partial charge in [0.05, 0.1) is 12.8 Å². The third-order valence-electron chi connectivity index (χ3n) is 5.01. The van der Waals surface area contributed by atoms with E-state index in [1.807, 2.05) is 0 Å². The normalized spacial score (nSPS) is 25.8. The molecule has 0 aliphatic carbocycles. The second-order valence-corrected chi connectivity index (χ2v) is 8.28. The fourth-order valence-electron chi connectivity index (χ4n) is 3.38. The second-order valence-electron chi connectivity index (χ2n) is 7.11. The van der Waals surface area contributed by atoms with Gasteiger partial charge in [0.1, 0.15) is 41.3 Å². The molecule has 1 saturated heterocycles. The van der Waals surface area contributed by atoms with Gasteiger partial charge in [0, 0.05) is 10.5 Å². The predicted octanol–water partition coefficient (Wildman–Crippen LogP) is 2.27. The molecule has 3 N–H and O–H groups in total. The van der Waals surface area contributed by atoms with Gasteiger partial charge in [0.2, 0.25) is 0 Å². The van der Waals surface area contributed by atoms with Gasteiger partial charge in [0.15, 0.2) is 17.5 Å². The molecule has 170 valence electrons. The van der Waals surface area contributed by atoms with Gasteiger partial charge in [-0.3, -0.25) is 0 Å². The van der Waals surface area contributed by atoms with Gasteiger partial charge in [-0.1, -0.05) is 17.0 Å². The second kappa shape index (κ2) is 9.16. The summed E-state index contributed by atoms with van der Waals surface area (Å²) in [6.45, 7) is -0.569. The lowest BCUT2D eigenvalue weighted by atomic mass is 9.97. The maximum Gasteiger partial charge on any atom is 0.194 e. The van der Waals surface area contributed by atoms with E-state index >= 15 is 0 Å². The van der Waals surface area contributed by atoms with Crippen LogP contribution in [0.4, 0.5) is 17.6 Å². The molecular weight excluding hydrogens is 454 g/mol. The van der Waals surface area contributed by atoms with Crippen LogP contribution in [0.15, 0.2) is 47.5 Å². The Morgan fingerprint density at radius 1 is 1.00 bits per heavy atom. The third-order valence-corrected chi connectivity index (χ3v) is 6.18. The average molecular weight is 471 g/mol. The standard InChI is InChI=1S/C20H17F4N3O4S/c21-10-1-3-11(4-2-10)32-20-19(30)17(18(29)15(8-28)31-20)27-7-14(25-26-27)9-5-12(22)16(24)13(23)6-9/h1-7,15,17-20,28-30H,8H2/t15?,17?,18-,19?,20+/m0/s1. The Hall–Kier alpha value is -2.51. The Labute approximate surface area is 183 Å². The number of benzene rings is 2. The lowest BCUT2D eigenvalue weighted by Gasteiger charge is -2.41. The highest BCUT2D eigenvalue weighted by Gasteiger charge is 2.46. The molecule has 2 aromatic carbocycles. The quantitative estimate of drug-likeness (QED) is 0.388. The van der Waals surface area contributed by atoms with Crippen molar-refractivity contribution in [3.63, 3.8) is 0 Å². The zero-order valence-corrected chi connectivity index (χ0v) is 17.0. The summed E-state index contributed by atoms with van der Waals surface area (Å²) in [6, 6.07) is 5.77. The van der Waals surface area contributed by atoms with Crippen LogP contribution in [-0.2, 0) is 4.74 Å². The number of hydrogen-bond acceptors (Lipinski definition) is 7. The van der Waals surface area contributed by atoms with Crippen LogP contribution in [0.1, 0.15) is 6.04 Å². The molecular formula is C20H17F4N3O4S. The molecule has 3 unspecified atom stereocenters. The van der Waals surface area contributed by atoms with Crippen molar-refractivity contribution in [1.82, 2.24) is 15.0 Å². The zero-order chi connectivity index (χ0) is 23.0. The first-order valence-electron chi connectivity index (χ1n) is 9.40. The molecule has 1 aliphatic rings. The zero-order valence-electron chi connectivity index (χ0n) is 16.1. The number of aromatic nitrogens is 3. The van der Waals surface area contributed by atoms with Gasteiger partial charge < -0.3 is 20.1 Å². The van der Waals surface area contributed by atoms with Crippen molar-refractivity contribution in [2.24, 2.45) is 0 Å². The number of hydrogen-bond donors (Lipinski definition) is 3. The van der Waals surface area contributed by atoms with E-state index in [0.29, 0.717) is 4.90 Å². The van der Waals surface area contributed by atoms with Crippen molar-refractivity contribution in [3.8, 4) is 11.3 Å². The van der Waals surface area contributed by atoms with Gasteiger partial charge in [-0.05, 0) is 36.4 Å². The molecule has 4 rings (SSSR count). The Morgan fingerprint density at radius 3 is 2.28 bits per heavy atom. The number of halogens is 4. The van der Waals surface area contributed by atoms with E-state index in [2.05, 4.69) is 10.3 Å². The van der Waals surface area contributed by atoms with E-state index in [0.717, 1.165) is 28.6 Å². The van der Waals surface area contributed by atoms with Crippen LogP contribution in [0, 0.1) is 23.3 Å². The van der Waals surface area contributed by atoms with Crippen molar-refractivity contribution in [1.29, 1.82) is 0 Å². The molecule has 3 aromatic rings. The van der Waals surface area contributed by atoms with Gasteiger partial charge in [0.25, 0.3) is 0 Å². The number of nitrogens with zero attached hydrogens (tertiary/aromatic N) is 3. The molecule has 0 amide bonds. The number of ether oxygens (including phenoxy) is 1. The molecule has 2 heterocycles. The minimum atomic E-state index is -1.62. The number of rotatable bonds is 5. The largest absolute Gasteiger partial charge is 0.394 e. The van der Waals surface area contributed by atoms with Crippen molar-refractivity contribution in [3.05, 3.63) is 65.9 Å². The minimum absolute atomic E-state index is 0.0306. The fraction of sp³-hybridized carbons (Fsp3) is 0.300. The first-order chi connectivity index (χ1) is 15.3. The molecule has 1 aliphatic heterocycles. The maximum atomic E-state index is 13.6. The highest BCUT2D eigenvalue weighted by atomic mass is 32.2. The molecule has 1 aromatic heterocycles. The summed E-state index contributed by atoms with van der Waals surface area (Å²) in [5.74, 6) is -4.87. The molecule has 0 spiro atoms. The van der Waals surface area contributed by atoms with E-state index in [9.17, 15) is 32.9 Å². The van der Waals surface area contributed by atoms with E-state index in [1.165, 1.54) is 30.5 Å². The molecule has 32 heavy (non-hydrogen) atoms. The number of aliphatic hydroxyl groups is 3. The monoisotopic (exact) mass is 471 g/mol. The molecule has 0 radical (unpaired) electrons. The Kier molecular flexibility index (Phi) is 6.49. The summed E-state index contributed by atoms with van der Waals surface area (Å²) in [4.78, 5) is 0.568. The topological polar surface area (TPSA) is 101 Å². The summed E-state index contributed by atoms with van der Waals surface area (Å²) >= 11 is 1.05. The van der Waals surface area contributed by atoms with Gasteiger partial charge in [-0.15, -0.1) is 5.10 Å². The first-order valence-corrected chi connectivity index (χ1v) is 10.3. The van der Waals surface area contributed by atoms with E-state index < -0.39 is 59.7 Å². The molecule has 0 bridgehead atoms. The highest BCUT2D eigenvalue weighted by Crippen LogP contribution is 2.38. The Bertz CT molecular complexity index is 1080. The molecule has 5 atom stereocenters. The maximum absolute atomic E-state index is 13.6. The van der Waals surface area contributed by atoms with Crippen LogP contribution in [0.25, 0.3) is 11.3 Å². The van der Waals surface area contributed by atoms with Crippen LogP contribution in [0.3, 0.4) is 0 Å². The van der Waals surface area contributed by atoms with E-state index in [4.69, 9.17) is 4.74 Å². The smallest absolute Gasteiger partial charge is 0.194 e. The lowest BCUT2D eigenvalue weighted by molar-refractivity contribution is -0.178. The summed E-state index contributed by atoms with van der Waals surface area (Å²) in [5, 5.41) is 38.7. The van der Waals surface area contributed by atoms with Gasteiger partial charge >= 0.3 is 0 Å². The van der Waals surface area contributed by atoms with Crippen LogP contribution in [0.5, 0.6) is 0 Å². The SMILES string of the molecule is OCC1O[C@H](Sc2ccc(F)cc2)C(O)C(n2cc(-c3cc(F)c(F)c(F)c3)nn2)[C@H]1O. The van der Waals surface area contributed by atoms with Crippen LogP contribution in [0.2, 0.25) is 0 Å². The highest BCUT2D eigenvalue weighted by molar-refractivity contribution is 7.99. The molecule has 12 heteroatoms. The van der Waals surface area contributed by atoms with Crippen LogP contribution < -0.4 is 0 Å². The first kappa shape index (κ1) is 22.7. The summed E-state index contributed by atoms with van der Waals surface area (Å²) < 4.78 is 60.2. The summed E-state index contributed by atoms with van der Waals surface area (Å²) in [7, 11) is 0. The third kappa shape index (κ3) is 4.36. The summed E-state index contributed by atoms with van der Waals surface area (Å²) in [5.41, 5.74) is -1.10. The Morgan fingerprint density at radius 2 is 1.66 bits per heavy atom. The molecule has 0 saturated carbocycles. The number of aliphatic hydroxyl groups excluding tert-OH is 3. The van der Waals surface area contributed by atoms with Crippen LogP contribution >= 0.6 is 11.8 Å². The van der Waals surface area contributed by atoms with Crippen molar-refractivity contribution in [2.75, 3.05) is 6.61 Å². The van der Waals surface area contributed by atoms with Crippen LogP contribution in [-0.4, -0.2) is 60.7 Å². The Balaban J connectivity index is 1.63. The lowest BCUT2D eigenvalue weighted by Crippen LogP contribution is -2.55. The minimum Gasteiger partial charge on any atom is -0.394 e. The van der Waals surface area contributed by atoms with Crippen molar-refractivity contribution < 1.29 is 37.6 Å². The average Bonchev–Trinajstić information content (AvgIpc) is 3.25. The van der Waals surface area contributed by atoms with E-state index in [-0.39, 0.29) is 11.3 Å².